The lowest BCUT2D eigenvalue weighted by Gasteiger charge is -2.24. The molecule has 12 heteroatoms. The normalized spacial score (nSPS) is 17.2. The van der Waals surface area contributed by atoms with E-state index in [1.807, 2.05) is 10.6 Å². The van der Waals surface area contributed by atoms with E-state index in [0.717, 1.165) is 22.0 Å². The lowest BCUT2D eigenvalue weighted by molar-refractivity contribution is -0.137. The lowest BCUT2D eigenvalue weighted by Crippen LogP contribution is -2.50. The van der Waals surface area contributed by atoms with Gasteiger partial charge in [-0.2, -0.15) is 0 Å². The van der Waals surface area contributed by atoms with Gasteiger partial charge in [-0.3, -0.25) is 9.59 Å². The Morgan fingerprint density at radius 3 is 2.81 bits per heavy atom. The second kappa shape index (κ2) is 10.4. The van der Waals surface area contributed by atoms with E-state index >= 15 is 0 Å². The van der Waals surface area contributed by atoms with Crippen LogP contribution in [0.15, 0.2) is 61.7 Å². The van der Waals surface area contributed by atoms with Gasteiger partial charge in [0.15, 0.2) is 5.13 Å². The Balaban J connectivity index is 1.23. The van der Waals surface area contributed by atoms with Crippen molar-refractivity contribution in [1.29, 1.82) is 0 Å². The van der Waals surface area contributed by atoms with E-state index in [9.17, 15) is 19.1 Å². The van der Waals surface area contributed by atoms with Gasteiger partial charge in [-0.1, -0.05) is 30.0 Å². The number of pyridine rings is 1. The number of aliphatic hydroxyl groups is 1. The number of benzene rings is 1. The number of nitrogens with one attached hydrogen (secondary N) is 2. The summed E-state index contributed by atoms with van der Waals surface area (Å²) >= 11 is 1.42. The molecule has 1 aliphatic rings. The molecule has 0 aliphatic carbocycles. The maximum atomic E-state index is 13.2. The fourth-order valence-corrected chi connectivity index (χ4v) is 5.09. The minimum absolute atomic E-state index is 0.280. The SMILES string of the molecule is C=CC(=O)N1CC[C@@H](O)[C@@H]1C(=O)NCCn1cnc2cnc(Nc3ncc(-c4ccc(F)cc4)s3)cc21. The van der Waals surface area contributed by atoms with Crippen molar-refractivity contribution in [2.45, 2.75) is 25.1 Å². The van der Waals surface area contributed by atoms with Crippen LogP contribution in [0.1, 0.15) is 6.42 Å². The van der Waals surface area contributed by atoms with Crippen LogP contribution in [0, 0.1) is 5.82 Å². The average Bonchev–Trinajstić information content (AvgIpc) is 3.63. The van der Waals surface area contributed by atoms with Crippen molar-refractivity contribution in [3.63, 3.8) is 0 Å². The summed E-state index contributed by atoms with van der Waals surface area (Å²) < 4.78 is 15.1. The quantitative estimate of drug-likeness (QED) is 0.305. The number of thiazole rings is 1. The molecule has 37 heavy (non-hydrogen) atoms. The smallest absolute Gasteiger partial charge is 0.246 e. The highest BCUT2D eigenvalue weighted by molar-refractivity contribution is 7.18. The molecule has 3 N–H and O–H groups in total. The number of anilines is 2. The van der Waals surface area contributed by atoms with Crippen LogP contribution in [0.5, 0.6) is 0 Å². The molecule has 1 aromatic carbocycles. The predicted octanol–water partition coefficient (Wildman–Crippen LogP) is 2.70. The first kappa shape index (κ1) is 24.5. The maximum absolute atomic E-state index is 13.2. The first-order valence-electron chi connectivity index (χ1n) is 11.6. The van der Waals surface area contributed by atoms with Gasteiger partial charge >= 0.3 is 0 Å². The summed E-state index contributed by atoms with van der Waals surface area (Å²) in [6.07, 6.45) is 5.61. The molecule has 0 spiro atoms. The van der Waals surface area contributed by atoms with Crippen molar-refractivity contribution in [3.8, 4) is 10.4 Å². The highest BCUT2D eigenvalue weighted by atomic mass is 32.1. The van der Waals surface area contributed by atoms with Crippen molar-refractivity contribution in [3.05, 3.63) is 67.5 Å². The number of hydrogen-bond acceptors (Lipinski definition) is 8. The number of amides is 2. The minimum Gasteiger partial charge on any atom is -0.390 e. The zero-order valence-corrected chi connectivity index (χ0v) is 20.5. The van der Waals surface area contributed by atoms with Gasteiger partial charge in [-0.05, 0) is 30.2 Å². The number of hydrogen-bond donors (Lipinski definition) is 3. The largest absolute Gasteiger partial charge is 0.390 e. The lowest BCUT2D eigenvalue weighted by atomic mass is 10.1. The number of carbonyl (C=O) groups excluding carboxylic acids is 2. The van der Waals surface area contributed by atoms with Crippen LogP contribution in [-0.2, 0) is 16.1 Å². The average molecular weight is 522 g/mol. The third-order valence-electron chi connectivity index (χ3n) is 6.12. The number of nitrogens with zero attached hydrogens (tertiary/aromatic N) is 5. The second-order valence-corrected chi connectivity index (χ2v) is 9.52. The first-order chi connectivity index (χ1) is 17.9. The summed E-state index contributed by atoms with van der Waals surface area (Å²) in [6, 6.07) is 7.15. The fourth-order valence-electron chi connectivity index (χ4n) is 4.26. The van der Waals surface area contributed by atoms with Gasteiger partial charge in [0.2, 0.25) is 11.8 Å². The van der Waals surface area contributed by atoms with Crippen LogP contribution in [-0.4, -0.2) is 66.6 Å². The summed E-state index contributed by atoms with van der Waals surface area (Å²) in [5.74, 6) is -0.503. The molecule has 0 bridgehead atoms. The Hall–Kier alpha value is -4.16. The van der Waals surface area contributed by atoms with Gasteiger partial charge in [0.25, 0.3) is 0 Å². The molecule has 0 unspecified atom stereocenters. The van der Waals surface area contributed by atoms with Crippen LogP contribution in [0.4, 0.5) is 15.3 Å². The molecule has 4 aromatic rings. The Labute approximate surface area is 215 Å². The molecule has 0 radical (unpaired) electrons. The Kier molecular flexibility index (Phi) is 6.93. The monoisotopic (exact) mass is 521 g/mol. The zero-order chi connectivity index (χ0) is 25.9. The van der Waals surface area contributed by atoms with Crippen molar-refractivity contribution in [2.75, 3.05) is 18.4 Å². The molecule has 0 saturated carbocycles. The molecule has 2 atom stereocenters. The molecule has 3 aromatic heterocycles. The van der Waals surface area contributed by atoms with Gasteiger partial charge < -0.3 is 25.2 Å². The molecule has 4 heterocycles. The molecule has 10 nitrogen and oxygen atoms in total. The Morgan fingerprint density at radius 1 is 1.22 bits per heavy atom. The molecule has 5 rings (SSSR count). The van der Waals surface area contributed by atoms with Crippen LogP contribution in [0.3, 0.4) is 0 Å². The minimum atomic E-state index is -0.928. The third kappa shape index (κ3) is 5.20. The van der Waals surface area contributed by atoms with E-state index in [0.29, 0.717) is 36.0 Å². The summed E-state index contributed by atoms with van der Waals surface area (Å²) in [7, 11) is 0. The van der Waals surface area contributed by atoms with E-state index in [2.05, 4.69) is 32.2 Å². The summed E-state index contributed by atoms with van der Waals surface area (Å²) in [5.41, 5.74) is 2.38. The third-order valence-corrected chi connectivity index (χ3v) is 7.08. The van der Waals surface area contributed by atoms with Crippen LogP contribution in [0.25, 0.3) is 21.5 Å². The number of aliphatic hydroxyl groups excluding tert-OH is 1. The van der Waals surface area contributed by atoms with Crippen LogP contribution < -0.4 is 10.6 Å². The number of halogens is 1. The summed E-state index contributed by atoms with van der Waals surface area (Å²) in [5, 5.41) is 16.8. The maximum Gasteiger partial charge on any atom is 0.246 e. The van der Waals surface area contributed by atoms with Gasteiger partial charge in [0, 0.05) is 31.9 Å². The standard InChI is InChI=1S/C25H24FN7O3S/c1-2-22(35)33-9-7-19(34)23(33)24(36)27-8-10-32-14-30-17-12-28-21(11-18(17)32)31-25-29-13-20(37-25)15-3-5-16(26)6-4-15/h2-6,11-14,19,23,34H,1,7-10H2,(H,27,36)(H,28,29,31)/t19-,23-/m1/s1. The zero-order valence-electron chi connectivity index (χ0n) is 19.7. The van der Waals surface area contributed by atoms with Gasteiger partial charge in [0.1, 0.15) is 23.2 Å². The van der Waals surface area contributed by atoms with Crippen LogP contribution in [0.2, 0.25) is 0 Å². The van der Waals surface area contributed by atoms with Gasteiger partial charge in [-0.15, -0.1) is 0 Å². The number of aromatic nitrogens is 4. The van der Waals surface area contributed by atoms with E-state index < -0.39 is 18.1 Å². The Morgan fingerprint density at radius 2 is 2.03 bits per heavy atom. The predicted molar refractivity (Wildman–Crippen MR) is 138 cm³/mol. The molecule has 1 fully saturated rings. The second-order valence-electron chi connectivity index (χ2n) is 8.49. The Bertz CT molecular complexity index is 1450. The van der Waals surface area contributed by atoms with E-state index in [-0.39, 0.29) is 18.3 Å². The molecule has 1 saturated heterocycles. The number of fused-ring (bicyclic) bond motifs is 1. The summed E-state index contributed by atoms with van der Waals surface area (Å²) in [4.78, 5) is 40.1. The molecular formula is C25H24FN7O3S. The number of rotatable bonds is 8. The molecule has 1 aliphatic heterocycles. The molecule has 190 valence electrons. The number of imidazole rings is 1. The van der Waals surface area contributed by atoms with Crippen molar-refractivity contribution < 1.29 is 19.1 Å². The van der Waals surface area contributed by atoms with Crippen molar-refractivity contribution >= 4 is 45.1 Å². The van der Waals surface area contributed by atoms with E-state index in [1.165, 1.54) is 28.4 Å². The highest BCUT2D eigenvalue weighted by Crippen LogP contribution is 2.31. The fraction of sp³-hybridized carbons (Fsp3) is 0.240. The molecule has 2 amide bonds. The van der Waals surface area contributed by atoms with Gasteiger partial charge in [0.05, 0.1) is 29.0 Å². The van der Waals surface area contributed by atoms with Crippen LogP contribution >= 0.6 is 11.3 Å². The van der Waals surface area contributed by atoms with E-state index in [4.69, 9.17) is 0 Å². The highest BCUT2D eigenvalue weighted by Gasteiger charge is 2.39. The van der Waals surface area contributed by atoms with E-state index in [1.54, 1.807) is 30.9 Å². The topological polar surface area (TPSA) is 125 Å². The van der Waals surface area contributed by atoms with Crippen molar-refractivity contribution in [2.24, 2.45) is 0 Å². The van der Waals surface area contributed by atoms with Gasteiger partial charge in [-0.25, -0.2) is 19.3 Å². The first-order valence-corrected chi connectivity index (χ1v) is 12.4. The summed E-state index contributed by atoms with van der Waals surface area (Å²) in [6.45, 7) is 4.47. The molecular weight excluding hydrogens is 497 g/mol. The number of likely N-dealkylation sites (tertiary alicyclic amines) is 1. The number of carbonyl (C=O) groups is 2. The van der Waals surface area contributed by atoms with Crippen molar-refractivity contribution in [1.82, 2.24) is 29.7 Å².